The number of morpholine rings is 1. The van der Waals surface area contributed by atoms with Gasteiger partial charge in [0.05, 0.1) is 31.8 Å². The molecule has 30 heavy (non-hydrogen) atoms. The van der Waals surface area contributed by atoms with Gasteiger partial charge in [-0.2, -0.15) is 17.5 Å². The molecule has 13 heteroatoms. The normalized spacial score (nSPS) is 24.0. The van der Waals surface area contributed by atoms with E-state index >= 15 is 0 Å². The molecule has 1 aromatic heterocycles. The van der Waals surface area contributed by atoms with Crippen LogP contribution in [0, 0.1) is 0 Å². The van der Waals surface area contributed by atoms with E-state index in [0.29, 0.717) is 39.5 Å². The lowest BCUT2D eigenvalue weighted by Crippen LogP contribution is -2.59. The number of aromatic nitrogens is 1. The van der Waals surface area contributed by atoms with Gasteiger partial charge in [-0.3, -0.25) is 9.88 Å². The van der Waals surface area contributed by atoms with Gasteiger partial charge < -0.3 is 14.6 Å². The molecule has 1 spiro atoms. The lowest BCUT2D eigenvalue weighted by atomic mass is 10.0. The molecule has 0 aromatic carbocycles. The molecule has 2 fully saturated rings. The second-order valence-corrected chi connectivity index (χ2v) is 9.00. The summed E-state index contributed by atoms with van der Waals surface area (Å²) in [5, 5.41) is 7.12. The van der Waals surface area contributed by atoms with Crippen molar-refractivity contribution < 1.29 is 41.0 Å². The molecule has 9 nitrogen and oxygen atoms in total. The van der Waals surface area contributed by atoms with Crippen molar-refractivity contribution in [1.29, 1.82) is 0 Å². The minimum atomic E-state index is -5.08. The summed E-state index contributed by atoms with van der Waals surface area (Å²) < 4.78 is 68.7. The zero-order chi connectivity index (χ0) is 22.4. The monoisotopic (exact) mass is 455 g/mol. The van der Waals surface area contributed by atoms with Crippen molar-refractivity contribution in [2.24, 2.45) is 0 Å². The number of carbonyl (C=O) groups is 1. The van der Waals surface area contributed by atoms with Crippen molar-refractivity contribution >= 4 is 16.0 Å². The summed E-state index contributed by atoms with van der Waals surface area (Å²) in [5.74, 6) is -2.76. The molecule has 1 unspecified atom stereocenters. The first-order valence-corrected chi connectivity index (χ1v) is 10.9. The van der Waals surface area contributed by atoms with Crippen LogP contribution in [0.15, 0.2) is 24.4 Å². The van der Waals surface area contributed by atoms with Crippen molar-refractivity contribution in [2.75, 3.05) is 52.3 Å². The van der Waals surface area contributed by atoms with E-state index < -0.39 is 27.8 Å². The molecule has 0 aliphatic carbocycles. The summed E-state index contributed by atoms with van der Waals surface area (Å²) in [6, 6.07) is 5.86. The summed E-state index contributed by atoms with van der Waals surface area (Å²) in [7, 11) is -3.26. The molecule has 0 saturated carbocycles. The van der Waals surface area contributed by atoms with E-state index in [1.165, 1.54) is 10.6 Å². The number of carboxylic acids is 1. The van der Waals surface area contributed by atoms with Gasteiger partial charge in [0, 0.05) is 38.9 Å². The number of hydrogen-bond donors (Lipinski definition) is 1. The molecular formula is C17H24F3N3O6S. The summed E-state index contributed by atoms with van der Waals surface area (Å²) in [6.45, 7) is 4.26. The first kappa shape index (κ1) is 24.5. The smallest absolute Gasteiger partial charge is 0.475 e. The zero-order valence-corrected chi connectivity index (χ0v) is 17.2. The largest absolute Gasteiger partial charge is 0.490 e. The Hall–Kier alpha value is -1.80. The van der Waals surface area contributed by atoms with E-state index in [4.69, 9.17) is 19.4 Å². The highest BCUT2D eigenvalue weighted by Crippen LogP contribution is 2.24. The minimum absolute atomic E-state index is 0.338. The highest BCUT2D eigenvalue weighted by atomic mass is 32.2. The Labute approximate surface area is 172 Å². The Balaban J connectivity index is 0.000000396. The SMILES string of the molecule is CS(=O)(=O)N1CCOCC2(CN(Cc3ccccn3)CCO2)C1.O=C(O)C(F)(F)F. The summed E-state index contributed by atoms with van der Waals surface area (Å²) >= 11 is 0. The van der Waals surface area contributed by atoms with Crippen LogP contribution in [0.2, 0.25) is 0 Å². The summed E-state index contributed by atoms with van der Waals surface area (Å²) in [4.78, 5) is 15.5. The predicted octanol–water partition coefficient (Wildman–Crippen LogP) is 0.578. The number of alkyl halides is 3. The molecule has 1 atom stereocenters. The van der Waals surface area contributed by atoms with Gasteiger partial charge in [-0.25, -0.2) is 13.2 Å². The van der Waals surface area contributed by atoms with Crippen molar-refractivity contribution in [2.45, 2.75) is 18.3 Å². The average Bonchev–Trinajstić information content (AvgIpc) is 2.85. The van der Waals surface area contributed by atoms with Crippen molar-refractivity contribution in [3.8, 4) is 0 Å². The van der Waals surface area contributed by atoms with Gasteiger partial charge in [0.2, 0.25) is 10.0 Å². The van der Waals surface area contributed by atoms with Crippen LogP contribution in [0.1, 0.15) is 5.69 Å². The molecule has 0 bridgehead atoms. The third-order valence-corrected chi connectivity index (χ3v) is 5.72. The van der Waals surface area contributed by atoms with Crippen LogP contribution >= 0.6 is 0 Å². The van der Waals surface area contributed by atoms with Crippen LogP contribution in [0.5, 0.6) is 0 Å². The number of halogens is 3. The number of hydrogen-bond acceptors (Lipinski definition) is 7. The van der Waals surface area contributed by atoms with Crippen LogP contribution in [0.3, 0.4) is 0 Å². The fourth-order valence-corrected chi connectivity index (χ4v) is 3.99. The van der Waals surface area contributed by atoms with Crippen molar-refractivity contribution in [1.82, 2.24) is 14.2 Å². The standard InChI is InChI=1S/C15H23N3O4S.C2HF3O2/c1-23(19,20)18-7-8-21-13-15(12-18)11-17(6-9-22-15)10-14-4-2-3-5-16-14;3-2(4,5)1(6)7/h2-5H,6-13H2,1H3;(H,6,7). The van der Waals surface area contributed by atoms with E-state index in [1.807, 2.05) is 18.2 Å². The van der Waals surface area contributed by atoms with Crippen LogP contribution in [0.4, 0.5) is 13.2 Å². The molecule has 1 N–H and O–H groups in total. The minimum Gasteiger partial charge on any atom is -0.475 e. The number of rotatable bonds is 3. The van der Waals surface area contributed by atoms with Crippen LogP contribution in [-0.4, -0.2) is 97.7 Å². The van der Waals surface area contributed by atoms with Crippen LogP contribution in [-0.2, 0) is 30.8 Å². The first-order chi connectivity index (χ1) is 13.9. The van der Waals surface area contributed by atoms with E-state index in [0.717, 1.165) is 18.8 Å². The lowest BCUT2D eigenvalue weighted by molar-refractivity contribution is -0.192. The topological polar surface area (TPSA) is 109 Å². The second-order valence-electron chi connectivity index (χ2n) is 7.02. The quantitative estimate of drug-likeness (QED) is 0.705. The third kappa shape index (κ3) is 7.47. The number of sulfonamides is 1. The van der Waals surface area contributed by atoms with Crippen LogP contribution < -0.4 is 0 Å². The Morgan fingerprint density at radius 1 is 1.27 bits per heavy atom. The number of carboxylic acid groups (broad SMARTS) is 1. The maximum Gasteiger partial charge on any atom is 0.490 e. The molecule has 1 aromatic rings. The summed E-state index contributed by atoms with van der Waals surface area (Å²) in [5.41, 5.74) is 0.395. The second kappa shape index (κ2) is 10.0. The molecular weight excluding hydrogens is 431 g/mol. The van der Waals surface area contributed by atoms with E-state index in [2.05, 4.69) is 9.88 Å². The number of pyridine rings is 1. The van der Waals surface area contributed by atoms with Gasteiger partial charge in [0.15, 0.2) is 0 Å². The number of aliphatic carboxylic acids is 1. The number of ether oxygens (including phenoxy) is 2. The summed E-state index contributed by atoms with van der Waals surface area (Å²) in [6.07, 6.45) is -2.06. The molecule has 170 valence electrons. The Morgan fingerprint density at radius 3 is 2.53 bits per heavy atom. The maximum atomic E-state index is 11.9. The Morgan fingerprint density at radius 2 is 1.97 bits per heavy atom. The van der Waals surface area contributed by atoms with Gasteiger partial charge in [0.25, 0.3) is 0 Å². The third-order valence-electron chi connectivity index (χ3n) is 4.47. The fraction of sp³-hybridized carbons (Fsp3) is 0.647. The molecule has 2 saturated heterocycles. The predicted molar refractivity (Wildman–Crippen MR) is 99.1 cm³/mol. The van der Waals surface area contributed by atoms with Crippen molar-refractivity contribution in [3.63, 3.8) is 0 Å². The number of nitrogens with zero attached hydrogens (tertiary/aromatic N) is 3. The molecule has 2 aliphatic heterocycles. The Kier molecular flexibility index (Phi) is 8.16. The van der Waals surface area contributed by atoms with E-state index in [1.54, 1.807) is 6.20 Å². The van der Waals surface area contributed by atoms with Gasteiger partial charge in [-0.05, 0) is 12.1 Å². The van der Waals surface area contributed by atoms with Crippen molar-refractivity contribution in [3.05, 3.63) is 30.1 Å². The average molecular weight is 455 g/mol. The molecule has 3 heterocycles. The van der Waals surface area contributed by atoms with E-state index in [9.17, 15) is 21.6 Å². The van der Waals surface area contributed by atoms with Gasteiger partial charge in [0.1, 0.15) is 5.60 Å². The lowest BCUT2D eigenvalue weighted by Gasteiger charge is -2.42. The van der Waals surface area contributed by atoms with Gasteiger partial charge >= 0.3 is 12.1 Å². The first-order valence-electron chi connectivity index (χ1n) is 9.00. The molecule has 3 rings (SSSR count). The highest BCUT2D eigenvalue weighted by Gasteiger charge is 2.42. The van der Waals surface area contributed by atoms with E-state index in [-0.39, 0.29) is 0 Å². The molecule has 0 amide bonds. The Bertz CT molecular complexity index is 809. The van der Waals surface area contributed by atoms with Crippen LogP contribution in [0.25, 0.3) is 0 Å². The molecule has 0 radical (unpaired) electrons. The molecule has 2 aliphatic rings. The fourth-order valence-electron chi connectivity index (χ4n) is 3.12. The highest BCUT2D eigenvalue weighted by molar-refractivity contribution is 7.88. The maximum absolute atomic E-state index is 11.9. The van der Waals surface area contributed by atoms with Gasteiger partial charge in [-0.15, -0.1) is 0 Å². The zero-order valence-electron chi connectivity index (χ0n) is 16.3. The van der Waals surface area contributed by atoms with Gasteiger partial charge in [-0.1, -0.05) is 6.07 Å².